The number of alkyl halides is 1. The summed E-state index contributed by atoms with van der Waals surface area (Å²) in [5, 5.41) is 2.83. The molecule has 0 saturated carbocycles. The van der Waals surface area contributed by atoms with E-state index in [9.17, 15) is 4.79 Å². The molecule has 94 valence electrons. The lowest BCUT2D eigenvalue weighted by Gasteiger charge is -2.05. The molecule has 2 rings (SSSR count). The Labute approximate surface area is 111 Å². The van der Waals surface area contributed by atoms with Gasteiger partial charge in [0, 0.05) is 11.6 Å². The number of rotatable bonds is 3. The van der Waals surface area contributed by atoms with Crippen LogP contribution in [-0.2, 0) is 5.88 Å². The lowest BCUT2D eigenvalue weighted by molar-refractivity contribution is 0.102. The molecule has 3 nitrogen and oxygen atoms in total. The van der Waals surface area contributed by atoms with Crippen LogP contribution >= 0.6 is 11.6 Å². The summed E-state index contributed by atoms with van der Waals surface area (Å²) in [5.74, 6) is 1.61. The maximum Gasteiger partial charge on any atom is 0.259 e. The molecule has 0 atom stereocenters. The third-order valence-corrected chi connectivity index (χ3v) is 2.93. The molecule has 18 heavy (non-hydrogen) atoms. The Morgan fingerprint density at radius 1 is 1.33 bits per heavy atom. The van der Waals surface area contributed by atoms with Crippen molar-refractivity contribution in [3.8, 4) is 0 Å². The number of furan rings is 1. The smallest absolute Gasteiger partial charge is 0.259 e. The van der Waals surface area contributed by atoms with E-state index in [4.69, 9.17) is 16.0 Å². The standard InChI is InChI=1S/C14H14ClNO2/c1-9-6-13(10(2)18-9)14(17)16-12-5-3-4-11(7-12)8-15/h3-7H,8H2,1-2H3,(H,16,17). The molecule has 1 aromatic carbocycles. The molecule has 0 fully saturated rings. The molecular weight excluding hydrogens is 250 g/mol. The predicted molar refractivity (Wildman–Crippen MR) is 72.1 cm³/mol. The van der Waals surface area contributed by atoms with Gasteiger partial charge in [0.05, 0.1) is 5.56 Å². The van der Waals surface area contributed by atoms with Gasteiger partial charge in [0.25, 0.3) is 5.91 Å². The molecule has 4 heteroatoms. The van der Waals surface area contributed by atoms with Crippen molar-refractivity contribution in [3.05, 3.63) is 53.0 Å². The van der Waals surface area contributed by atoms with Crippen LogP contribution in [0.4, 0.5) is 5.69 Å². The molecular formula is C14H14ClNO2. The Bertz CT molecular complexity index is 575. The normalized spacial score (nSPS) is 10.4. The van der Waals surface area contributed by atoms with Crippen molar-refractivity contribution in [3.63, 3.8) is 0 Å². The number of carbonyl (C=O) groups is 1. The molecule has 0 aliphatic heterocycles. The molecule has 0 saturated heterocycles. The summed E-state index contributed by atoms with van der Waals surface area (Å²) in [5.41, 5.74) is 2.26. The highest BCUT2D eigenvalue weighted by atomic mass is 35.5. The Morgan fingerprint density at radius 3 is 2.72 bits per heavy atom. The molecule has 1 aromatic heterocycles. The van der Waals surface area contributed by atoms with Crippen LogP contribution in [0, 0.1) is 13.8 Å². The van der Waals surface area contributed by atoms with Crippen LogP contribution in [0.3, 0.4) is 0 Å². The number of hydrogen-bond donors (Lipinski definition) is 1. The SMILES string of the molecule is Cc1cc(C(=O)Nc2cccc(CCl)c2)c(C)o1. The molecule has 0 spiro atoms. The first kappa shape index (κ1) is 12.7. The number of carbonyl (C=O) groups excluding carboxylic acids is 1. The first-order chi connectivity index (χ1) is 8.60. The van der Waals surface area contributed by atoms with E-state index in [0.717, 1.165) is 17.0 Å². The summed E-state index contributed by atoms with van der Waals surface area (Å²) in [6, 6.07) is 9.19. The van der Waals surface area contributed by atoms with Gasteiger partial charge in [-0.1, -0.05) is 12.1 Å². The molecule has 0 unspecified atom stereocenters. The van der Waals surface area contributed by atoms with Gasteiger partial charge in [-0.3, -0.25) is 4.79 Å². The van der Waals surface area contributed by atoms with Gasteiger partial charge in [-0.15, -0.1) is 11.6 Å². The number of benzene rings is 1. The van der Waals surface area contributed by atoms with E-state index in [0.29, 0.717) is 17.2 Å². The second-order valence-corrected chi connectivity index (χ2v) is 4.38. The van der Waals surface area contributed by atoms with Gasteiger partial charge < -0.3 is 9.73 Å². The van der Waals surface area contributed by atoms with Gasteiger partial charge in [-0.05, 0) is 37.6 Å². The third-order valence-electron chi connectivity index (χ3n) is 2.62. The van der Waals surface area contributed by atoms with E-state index in [-0.39, 0.29) is 5.91 Å². The first-order valence-corrected chi connectivity index (χ1v) is 6.17. The average molecular weight is 264 g/mol. The van der Waals surface area contributed by atoms with Crippen molar-refractivity contribution in [1.29, 1.82) is 0 Å². The molecule has 0 radical (unpaired) electrons. The lowest BCUT2D eigenvalue weighted by atomic mass is 10.2. The van der Waals surface area contributed by atoms with Crippen molar-refractivity contribution in [2.75, 3.05) is 5.32 Å². The van der Waals surface area contributed by atoms with E-state index < -0.39 is 0 Å². The van der Waals surface area contributed by atoms with Crippen molar-refractivity contribution >= 4 is 23.2 Å². The van der Waals surface area contributed by atoms with Gasteiger partial charge in [0.15, 0.2) is 0 Å². The summed E-state index contributed by atoms with van der Waals surface area (Å²) < 4.78 is 5.34. The monoisotopic (exact) mass is 263 g/mol. The van der Waals surface area contributed by atoms with E-state index in [1.807, 2.05) is 31.2 Å². The number of aryl methyl sites for hydroxylation is 2. The van der Waals surface area contributed by atoms with Crippen molar-refractivity contribution in [1.82, 2.24) is 0 Å². The quantitative estimate of drug-likeness (QED) is 0.854. The van der Waals surface area contributed by atoms with Gasteiger partial charge in [0.1, 0.15) is 11.5 Å². The second-order valence-electron chi connectivity index (χ2n) is 4.12. The van der Waals surface area contributed by atoms with Crippen LogP contribution in [0.15, 0.2) is 34.7 Å². The molecule has 1 heterocycles. The third kappa shape index (κ3) is 2.74. The maximum atomic E-state index is 12.0. The number of halogens is 1. The Balaban J connectivity index is 2.18. The first-order valence-electron chi connectivity index (χ1n) is 5.63. The fraction of sp³-hybridized carbons (Fsp3) is 0.214. The van der Waals surface area contributed by atoms with Crippen LogP contribution in [0.5, 0.6) is 0 Å². The average Bonchev–Trinajstić information content (AvgIpc) is 2.69. The minimum atomic E-state index is -0.170. The zero-order valence-corrected chi connectivity index (χ0v) is 11.0. The van der Waals surface area contributed by atoms with Crippen LogP contribution in [0.1, 0.15) is 27.4 Å². The van der Waals surface area contributed by atoms with Gasteiger partial charge in [-0.25, -0.2) is 0 Å². The van der Waals surface area contributed by atoms with E-state index in [1.165, 1.54) is 0 Å². The largest absolute Gasteiger partial charge is 0.466 e. The van der Waals surface area contributed by atoms with Crippen LogP contribution in [-0.4, -0.2) is 5.91 Å². The van der Waals surface area contributed by atoms with E-state index >= 15 is 0 Å². The van der Waals surface area contributed by atoms with Crippen LogP contribution in [0.25, 0.3) is 0 Å². The number of amides is 1. The van der Waals surface area contributed by atoms with Crippen molar-refractivity contribution in [2.45, 2.75) is 19.7 Å². The van der Waals surface area contributed by atoms with Crippen molar-refractivity contribution in [2.24, 2.45) is 0 Å². The molecule has 0 bridgehead atoms. The number of hydrogen-bond acceptors (Lipinski definition) is 2. The van der Waals surface area contributed by atoms with Crippen molar-refractivity contribution < 1.29 is 9.21 Å². The predicted octanol–water partition coefficient (Wildman–Crippen LogP) is 3.89. The second kappa shape index (κ2) is 5.27. The fourth-order valence-corrected chi connectivity index (χ4v) is 1.95. The molecule has 1 N–H and O–H groups in total. The highest BCUT2D eigenvalue weighted by Gasteiger charge is 2.13. The van der Waals surface area contributed by atoms with E-state index in [2.05, 4.69) is 5.32 Å². The van der Waals surface area contributed by atoms with E-state index in [1.54, 1.807) is 13.0 Å². The topological polar surface area (TPSA) is 42.2 Å². The zero-order chi connectivity index (χ0) is 13.1. The molecule has 0 aliphatic rings. The lowest BCUT2D eigenvalue weighted by Crippen LogP contribution is -2.12. The number of nitrogens with one attached hydrogen (secondary N) is 1. The molecule has 1 amide bonds. The Kier molecular flexibility index (Phi) is 3.72. The number of anilines is 1. The van der Waals surface area contributed by atoms with Crippen LogP contribution < -0.4 is 5.32 Å². The van der Waals surface area contributed by atoms with Gasteiger partial charge in [0.2, 0.25) is 0 Å². The minimum Gasteiger partial charge on any atom is -0.466 e. The zero-order valence-electron chi connectivity index (χ0n) is 10.3. The Hall–Kier alpha value is -1.74. The summed E-state index contributed by atoms with van der Waals surface area (Å²) in [7, 11) is 0. The highest BCUT2D eigenvalue weighted by molar-refractivity contribution is 6.17. The maximum absolute atomic E-state index is 12.0. The molecule has 2 aromatic rings. The van der Waals surface area contributed by atoms with Gasteiger partial charge >= 0.3 is 0 Å². The van der Waals surface area contributed by atoms with Crippen LogP contribution in [0.2, 0.25) is 0 Å². The minimum absolute atomic E-state index is 0.170. The van der Waals surface area contributed by atoms with Gasteiger partial charge in [-0.2, -0.15) is 0 Å². The fourth-order valence-electron chi connectivity index (χ4n) is 1.79. The Morgan fingerprint density at radius 2 is 2.11 bits per heavy atom. The summed E-state index contributed by atoms with van der Waals surface area (Å²) in [6.07, 6.45) is 0. The highest BCUT2D eigenvalue weighted by Crippen LogP contribution is 2.17. The summed E-state index contributed by atoms with van der Waals surface area (Å²) >= 11 is 5.75. The molecule has 0 aliphatic carbocycles. The summed E-state index contributed by atoms with van der Waals surface area (Å²) in [6.45, 7) is 3.59. The summed E-state index contributed by atoms with van der Waals surface area (Å²) in [4.78, 5) is 12.0.